The smallest absolute Gasteiger partial charge is 0.0175 e. The maximum Gasteiger partial charge on any atom is 0.0175 e. The number of rotatable bonds is 9. The first kappa shape index (κ1) is 20.7. The highest BCUT2D eigenvalue weighted by Gasteiger charge is 2.16. The standard InChI is InChI=1S/C23H31Br/c1-6-9-17-23(4,5)18-16-19(10-7-2)22(11-8-3)20-12-14-21(24)15-13-20/h7,9-15,17H,2,6,8,16,18H2,1,3-5H3/b17-9-,19-10+,22-11+. The zero-order valence-corrected chi connectivity index (χ0v) is 17.2. The molecule has 24 heavy (non-hydrogen) atoms. The van der Waals surface area contributed by atoms with Gasteiger partial charge in [0.1, 0.15) is 0 Å². The Morgan fingerprint density at radius 3 is 2.33 bits per heavy atom. The Morgan fingerprint density at radius 2 is 1.79 bits per heavy atom. The van der Waals surface area contributed by atoms with Gasteiger partial charge in [0.15, 0.2) is 0 Å². The van der Waals surface area contributed by atoms with Gasteiger partial charge < -0.3 is 0 Å². The van der Waals surface area contributed by atoms with Crippen LogP contribution in [0, 0.1) is 5.41 Å². The molecule has 1 aromatic carbocycles. The van der Waals surface area contributed by atoms with Crippen LogP contribution < -0.4 is 0 Å². The van der Waals surface area contributed by atoms with Gasteiger partial charge in [0, 0.05) is 4.47 Å². The van der Waals surface area contributed by atoms with Crippen LogP contribution in [0.25, 0.3) is 5.57 Å². The Balaban J connectivity index is 3.05. The molecule has 0 aliphatic rings. The molecule has 0 aliphatic heterocycles. The first-order valence-corrected chi connectivity index (χ1v) is 9.68. The molecule has 0 nitrogen and oxygen atoms in total. The van der Waals surface area contributed by atoms with Crippen molar-refractivity contribution < 1.29 is 0 Å². The molecule has 0 amide bonds. The molecule has 1 aromatic rings. The predicted molar refractivity (Wildman–Crippen MR) is 113 cm³/mol. The van der Waals surface area contributed by atoms with Gasteiger partial charge in [-0.05, 0) is 59.9 Å². The zero-order valence-electron chi connectivity index (χ0n) is 15.6. The van der Waals surface area contributed by atoms with E-state index in [1.807, 2.05) is 6.08 Å². The number of hydrogen-bond donors (Lipinski definition) is 0. The largest absolute Gasteiger partial charge is 0.0991 e. The van der Waals surface area contributed by atoms with E-state index in [-0.39, 0.29) is 5.41 Å². The van der Waals surface area contributed by atoms with E-state index in [4.69, 9.17) is 0 Å². The number of halogens is 1. The van der Waals surface area contributed by atoms with Crippen LogP contribution in [0.15, 0.2) is 71.3 Å². The van der Waals surface area contributed by atoms with Crippen molar-refractivity contribution >= 4 is 21.5 Å². The molecule has 0 unspecified atom stereocenters. The molecule has 130 valence electrons. The van der Waals surface area contributed by atoms with E-state index in [0.717, 1.165) is 30.2 Å². The second kappa shape index (κ2) is 10.5. The fraction of sp³-hybridized carbons (Fsp3) is 0.391. The summed E-state index contributed by atoms with van der Waals surface area (Å²) in [5, 5.41) is 0. The van der Waals surface area contributed by atoms with E-state index >= 15 is 0 Å². The fourth-order valence-corrected chi connectivity index (χ4v) is 2.96. The SMILES string of the molecule is C=C/C=C(CCC(C)(C)/C=C\CC)/C(=C\CC)c1ccc(Br)cc1. The van der Waals surface area contributed by atoms with Crippen molar-refractivity contribution in [1.29, 1.82) is 0 Å². The van der Waals surface area contributed by atoms with Gasteiger partial charge >= 0.3 is 0 Å². The third kappa shape index (κ3) is 7.05. The lowest BCUT2D eigenvalue weighted by atomic mass is 9.83. The lowest BCUT2D eigenvalue weighted by Gasteiger charge is -2.22. The van der Waals surface area contributed by atoms with Gasteiger partial charge in [-0.3, -0.25) is 0 Å². The maximum absolute atomic E-state index is 3.92. The van der Waals surface area contributed by atoms with Gasteiger partial charge in [0.25, 0.3) is 0 Å². The summed E-state index contributed by atoms with van der Waals surface area (Å²) in [5.74, 6) is 0. The summed E-state index contributed by atoms with van der Waals surface area (Å²) in [4.78, 5) is 0. The number of benzene rings is 1. The summed E-state index contributed by atoms with van der Waals surface area (Å²) in [6.07, 6.45) is 15.3. The first-order valence-electron chi connectivity index (χ1n) is 8.89. The molecule has 0 saturated heterocycles. The van der Waals surface area contributed by atoms with E-state index in [1.54, 1.807) is 0 Å². The summed E-state index contributed by atoms with van der Waals surface area (Å²) < 4.78 is 1.11. The van der Waals surface area contributed by atoms with Crippen molar-refractivity contribution in [3.8, 4) is 0 Å². The van der Waals surface area contributed by atoms with Crippen molar-refractivity contribution in [2.24, 2.45) is 5.41 Å². The minimum atomic E-state index is 0.216. The van der Waals surface area contributed by atoms with Crippen molar-refractivity contribution in [3.63, 3.8) is 0 Å². The molecule has 0 saturated carbocycles. The molecule has 0 atom stereocenters. The summed E-state index contributed by atoms with van der Waals surface area (Å²) in [6.45, 7) is 12.9. The van der Waals surface area contributed by atoms with Crippen LogP contribution >= 0.6 is 15.9 Å². The van der Waals surface area contributed by atoms with Gasteiger partial charge in [-0.2, -0.15) is 0 Å². The Kier molecular flexibility index (Phi) is 9.07. The zero-order chi connectivity index (χ0) is 18.0. The summed E-state index contributed by atoms with van der Waals surface area (Å²) in [6, 6.07) is 8.59. The van der Waals surface area contributed by atoms with E-state index < -0.39 is 0 Å². The van der Waals surface area contributed by atoms with Gasteiger partial charge in [-0.1, -0.05) is 92.7 Å². The van der Waals surface area contributed by atoms with Crippen molar-refractivity contribution in [3.05, 3.63) is 76.8 Å². The summed E-state index contributed by atoms with van der Waals surface area (Å²) in [7, 11) is 0. The highest BCUT2D eigenvalue weighted by atomic mass is 79.9. The molecule has 1 rings (SSSR count). The molecule has 0 aliphatic carbocycles. The Morgan fingerprint density at radius 1 is 1.12 bits per heavy atom. The number of hydrogen-bond acceptors (Lipinski definition) is 0. The number of allylic oxidation sites excluding steroid dienone is 7. The van der Waals surface area contributed by atoms with E-state index in [0.29, 0.717) is 0 Å². The third-order valence-corrected chi connectivity index (χ3v) is 4.60. The molecule has 0 heterocycles. The average molecular weight is 387 g/mol. The Hall–Kier alpha value is -1.34. The van der Waals surface area contributed by atoms with Gasteiger partial charge in [-0.25, -0.2) is 0 Å². The Labute approximate surface area is 157 Å². The van der Waals surface area contributed by atoms with Crippen LogP contribution in [-0.2, 0) is 0 Å². The minimum Gasteiger partial charge on any atom is -0.0991 e. The third-order valence-electron chi connectivity index (χ3n) is 4.07. The van der Waals surface area contributed by atoms with Crippen molar-refractivity contribution in [2.45, 2.75) is 53.4 Å². The van der Waals surface area contributed by atoms with Crippen molar-refractivity contribution in [1.82, 2.24) is 0 Å². The second-order valence-electron chi connectivity index (χ2n) is 6.76. The van der Waals surface area contributed by atoms with E-state index in [1.165, 1.54) is 16.7 Å². The second-order valence-corrected chi connectivity index (χ2v) is 7.68. The molecule has 1 heteroatoms. The molecule has 0 bridgehead atoms. The molecule has 0 aromatic heterocycles. The summed E-state index contributed by atoms with van der Waals surface area (Å²) in [5.41, 5.74) is 4.19. The monoisotopic (exact) mass is 386 g/mol. The van der Waals surface area contributed by atoms with Gasteiger partial charge in [0.2, 0.25) is 0 Å². The van der Waals surface area contributed by atoms with E-state index in [2.05, 4.69) is 98.8 Å². The topological polar surface area (TPSA) is 0 Å². The molecule has 0 fully saturated rings. The van der Waals surface area contributed by atoms with Gasteiger partial charge in [-0.15, -0.1) is 0 Å². The Bertz CT molecular complexity index is 597. The van der Waals surface area contributed by atoms with Crippen LogP contribution in [0.3, 0.4) is 0 Å². The highest BCUT2D eigenvalue weighted by molar-refractivity contribution is 9.10. The van der Waals surface area contributed by atoms with Gasteiger partial charge in [0.05, 0.1) is 0 Å². The van der Waals surface area contributed by atoms with Crippen LogP contribution in [0.5, 0.6) is 0 Å². The minimum absolute atomic E-state index is 0.216. The lowest BCUT2D eigenvalue weighted by Crippen LogP contribution is -2.08. The van der Waals surface area contributed by atoms with Crippen LogP contribution in [0.4, 0.5) is 0 Å². The molecule has 0 radical (unpaired) electrons. The van der Waals surface area contributed by atoms with Crippen LogP contribution in [0.2, 0.25) is 0 Å². The highest BCUT2D eigenvalue weighted by Crippen LogP contribution is 2.33. The van der Waals surface area contributed by atoms with E-state index in [9.17, 15) is 0 Å². The molecule has 0 N–H and O–H groups in total. The first-order chi connectivity index (χ1) is 11.4. The predicted octanol–water partition coefficient (Wildman–Crippen LogP) is 8.13. The van der Waals surface area contributed by atoms with Crippen LogP contribution in [-0.4, -0.2) is 0 Å². The average Bonchev–Trinajstić information content (AvgIpc) is 2.56. The quantitative estimate of drug-likeness (QED) is 0.296. The summed E-state index contributed by atoms with van der Waals surface area (Å²) >= 11 is 3.52. The van der Waals surface area contributed by atoms with Crippen molar-refractivity contribution in [2.75, 3.05) is 0 Å². The normalized spacial score (nSPS) is 13.5. The lowest BCUT2D eigenvalue weighted by molar-refractivity contribution is 0.438. The maximum atomic E-state index is 3.92. The van der Waals surface area contributed by atoms with Crippen LogP contribution in [0.1, 0.15) is 58.9 Å². The molecular formula is C23H31Br. The fourth-order valence-electron chi connectivity index (χ4n) is 2.70. The molecular weight excluding hydrogens is 356 g/mol. The molecule has 0 spiro atoms.